The van der Waals surface area contributed by atoms with Gasteiger partial charge in [0.2, 0.25) is 0 Å². The fourth-order valence-corrected chi connectivity index (χ4v) is 4.41. The summed E-state index contributed by atoms with van der Waals surface area (Å²) in [5.41, 5.74) is 3.62. The molecule has 0 bridgehead atoms. The fraction of sp³-hybridized carbons (Fsp3) is 0.379. The Morgan fingerprint density at radius 2 is 2.15 bits per heavy atom. The number of aromatic hydroxyl groups is 1. The molecule has 1 unspecified atom stereocenters. The van der Waals surface area contributed by atoms with Crippen LogP contribution in [0.25, 0.3) is 0 Å². The molecule has 1 N–H and O–H groups in total. The Hall–Kier alpha value is -3.16. The maximum absolute atomic E-state index is 10.0. The smallest absolute Gasteiger partial charge is 0.116 e. The van der Waals surface area contributed by atoms with E-state index in [9.17, 15) is 5.11 Å². The monoisotopic (exact) mass is 446 g/mol. The second-order valence-corrected chi connectivity index (χ2v) is 8.09. The van der Waals surface area contributed by atoms with Crippen LogP contribution in [0, 0.1) is 12.8 Å². The van der Waals surface area contributed by atoms with Crippen molar-refractivity contribution in [2.75, 3.05) is 31.1 Å². The molecule has 3 rings (SSSR count). The highest BCUT2D eigenvalue weighted by Crippen LogP contribution is 2.36. The van der Waals surface area contributed by atoms with E-state index in [2.05, 4.69) is 72.6 Å². The molecule has 1 atom stereocenters. The van der Waals surface area contributed by atoms with Crippen LogP contribution in [0.4, 0.5) is 5.69 Å². The van der Waals surface area contributed by atoms with Gasteiger partial charge in [-0.05, 0) is 61.7 Å². The lowest BCUT2D eigenvalue weighted by molar-refractivity contribution is 0.123. The van der Waals surface area contributed by atoms with Crippen molar-refractivity contribution in [2.24, 2.45) is 0 Å². The molecule has 0 aromatic heterocycles. The van der Waals surface area contributed by atoms with Crippen molar-refractivity contribution in [3.63, 3.8) is 0 Å². The molecule has 0 spiro atoms. The van der Waals surface area contributed by atoms with Gasteiger partial charge in [0.1, 0.15) is 12.4 Å². The Morgan fingerprint density at radius 3 is 2.82 bits per heavy atom. The molecule has 2 aliphatic rings. The molecule has 1 aliphatic heterocycles. The molecular weight excluding hydrogens is 408 g/mol. The van der Waals surface area contributed by atoms with Crippen LogP contribution in [0.1, 0.15) is 38.7 Å². The first-order valence-corrected chi connectivity index (χ1v) is 11.7. The van der Waals surface area contributed by atoms with Crippen molar-refractivity contribution < 1.29 is 9.84 Å². The van der Waals surface area contributed by atoms with Gasteiger partial charge in [0.15, 0.2) is 0 Å². The van der Waals surface area contributed by atoms with E-state index in [0.717, 1.165) is 51.1 Å². The Bertz CT molecular complexity index is 907. The highest BCUT2D eigenvalue weighted by atomic mass is 16.5. The lowest BCUT2D eigenvalue weighted by Crippen LogP contribution is -2.49. The predicted octanol–water partition coefficient (Wildman–Crippen LogP) is 5.98. The van der Waals surface area contributed by atoms with Crippen LogP contribution in [0.15, 0.2) is 78.6 Å². The number of phenols is 1. The third kappa shape index (κ3) is 7.44. The average Bonchev–Trinajstić information content (AvgIpc) is 3.18. The average molecular weight is 447 g/mol. The molecule has 0 fully saturated rings. The maximum Gasteiger partial charge on any atom is 0.116 e. The zero-order chi connectivity index (χ0) is 24.1. The summed E-state index contributed by atoms with van der Waals surface area (Å²) in [6, 6.07) is 5.75. The lowest BCUT2D eigenvalue weighted by atomic mass is 10.1. The molecule has 1 aliphatic carbocycles. The van der Waals surface area contributed by atoms with Gasteiger partial charge >= 0.3 is 0 Å². The van der Waals surface area contributed by atoms with E-state index < -0.39 is 0 Å². The summed E-state index contributed by atoms with van der Waals surface area (Å²) in [5.74, 6) is 1.41. The van der Waals surface area contributed by atoms with E-state index in [1.807, 2.05) is 25.1 Å². The Kier molecular flexibility index (Phi) is 11.1. The quantitative estimate of drug-likeness (QED) is 0.335. The zero-order valence-electron chi connectivity index (χ0n) is 20.1. The number of anilines is 1. The van der Waals surface area contributed by atoms with Crippen molar-refractivity contribution in [1.82, 2.24) is 4.90 Å². The minimum atomic E-state index is 0.235. The van der Waals surface area contributed by atoms with Gasteiger partial charge in [0.05, 0.1) is 11.9 Å². The maximum atomic E-state index is 10.0. The second-order valence-electron chi connectivity index (χ2n) is 8.09. The summed E-state index contributed by atoms with van der Waals surface area (Å²) in [4.78, 5) is 4.99. The van der Waals surface area contributed by atoms with Crippen LogP contribution >= 0.6 is 0 Å². The molecule has 1 aromatic rings. The van der Waals surface area contributed by atoms with Gasteiger partial charge in [0, 0.05) is 31.6 Å². The molecule has 4 nitrogen and oxygen atoms in total. The number of hydrogen-bond donors (Lipinski definition) is 1. The van der Waals surface area contributed by atoms with Crippen LogP contribution in [-0.2, 0) is 11.2 Å². The summed E-state index contributed by atoms with van der Waals surface area (Å²) < 4.78 is 6.08. The summed E-state index contributed by atoms with van der Waals surface area (Å²) in [7, 11) is 0. The van der Waals surface area contributed by atoms with Gasteiger partial charge in [-0.15, -0.1) is 12.8 Å². The van der Waals surface area contributed by atoms with Gasteiger partial charge in [0.25, 0.3) is 0 Å². The second kappa shape index (κ2) is 14.1. The summed E-state index contributed by atoms with van der Waals surface area (Å²) >= 11 is 0. The summed E-state index contributed by atoms with van der Waals surface area (Å²) in [5, 5.41) is 10.0. The first kappa shape index (κ1) is 26.1. The van der Waals surface area contributed by atoms with E-state index in [4.69, 9.17) is 4.74 Å². The van der Waals surface area contributed by atoms with Crippen molar-refractivity contribution in [2.45, 2.75) is 45.7 Å². The van der Waals surface area contributed by atoms with Gasteiger partial charge in [-0.3, -0.25) is 4.90 Å². The number of fused-ring (bicyclic) bond motifs is 1. The number of rotatable bonds is 11. The van der Waals surface area contributed by atoms with Gasteiger partial charge in [-0.2, -0.15) is 0 Å². The number of ether oxygens (including phenoxy) is 1. The molecular formula is C29H38N2O2. The molecule has 176 valence electrons. The topological polar surface area (TPSA) is 35.9 Å². The van der Waals surface area contributed by atoms with Crippen molar-refractivity contribution in [3.8, 4) is 18.6 Å². The third-order valence-corrected chi connectivity index (χ3v) is 5.77. The van der Waals surface area contributed by atoms with Crippen LogP contribution in [-0.4, -0.2) is 42.4 Å². The first-order valence-electron chi connectivity index (χ1n) is 11.7. The highest BCUT2D eigenvalue weighted by molar-refractivity contribution is 5.62. The Balaban J connectivity index is 0.00000187. The minimum Gasteiger partial charge on any atom is -0.508 e. The van der Waals surface area contributed by atoms with Gasteiger partial charge in [-0.1, -0.05) is 50.0 Å². The molecule has 1 heterocycles. The van der Waals surface area contributed by atoms with Crippen LogP contribution in [0.2, 0.25) is 0 Å². The Morgan fingerprint density at radius 1 is 1.33 bits per heavy atom. The highest BCUT2D eigenvalue weighted by Gasteiger charge is 2.33. The van der Waals surface area contributed by atoms with E-state index in [1.54, 1.807) is 6.07 Å². The van der Waals surface area contributed by atoms with Crippen molar-refractivity contribution in [3.05, 3.63) is 84.2 Å². The SMILES string of the molecule is C#C.C=C/C=C(\C=C/C)CN1c2ccc(O)cc2CC1N(CCC)CCOC1=CC=CCC1. The number of terminal acetylenes is 1. The molecule has 4 heteroatoms. The predicted molar refractivity (Wildman–Crippen MR) is 140 cm³/mol. The minimum absolute atomic E-state index is 0.235. The summed E-state index contributed by atoms with van der Waals surface area (Å²) in [6.07, 6.45) is 26.7. The summed E-state index contributed by atoms with van der Waals surface area (Å²) in [6.45, 7) is 11.5. The van der Waals surface area contributed by atoms with E-state index in [1.165, 1.54) is 16.8 Å². The third-order valence-electron chi connectivity index (χ3n) is 5.77. The van der Waals surface area contributed by atoms with Gasteiger partial charge < -0.3 is 14.7 Å². The van der Waals surface area contributed by atoms with Gasteiger partial charge in [-0.25, -0.2) is 0 Å². The molecule has 33 heavy (non-hydrogen) atoms. The number of allylic oxidation sites excluding steroid dienone is 7. The fourth-order valence-electron chi connectivity index (χ4n) is 4.41. The normalized spacial score (nSPS) is 17.5. The van der Waals surface area contributed by atoms with Crippen LogP contribution < -0.4 is 4.90 Å². The zero-order valence-corrected chi connectivity index (χ0v) is 20.1. The lowest BCUT2D eigenvalue weighted by Gasteiger charge is -2.37. The van der Waals surface area contributed by atoms with Crippen LogP contribution in [0.3, 0.4) is 0 Å². The molecule has 0 radical (unpaired) electrons. The largest absolute Gasteiger partial charge is 0.508 e. The standard InChI is InChI=1S/C27H36N2O2.C2H2/c1-4-10-22(11-5-2)21-29-26-15-14-24(30)19-23(26)20-27(29)28(16-6-3)17-18-31-25-12-8-7-9-13-25;1-2/h4-5,7-8,10-12,14-15,19,27,30H,1,6,9,13,16-18,20-21H2,2-3H3;1-2H/b11-5-,22-10+;. The van der Waals surface area contributed by atoms with Crippen molar-refractivity contribution in [1.29, 1.82) is 0 Å². The molecule has 0 saturated heterocycles. The van der Waals surface area contributed by atoms with Crippen LogP contribution in [0.5, 0.6) is 5.75 Å². The number of benzene rings is 1. The van der Waals surface area contributed by atoms with Crippen molar-refractivity contribution >= 4 is 5.69 Å². The number of hydrogen-bond acceptors (Lipinski definition) is 4. The molecule has 0 amide bonds. The van der Waals surface area contributed by atoms with E-state index in [-0.39, 0.29) is 6.17 Å². The Labute approximate surface area is 200 Å². The molecule has 0 saturated carbocycles. The number of nitrogens with zero attached hydrogens (tertiary/aromatic N) is 2. The molecule has 1 aromatic carbocycles. The van der Waals surface area contributed by atoms with E-state index >= 15 is 0 Å². The number of phenolic OH excluding ortho intramolecular Hbond substituents is 1. The first-order chi connectivity index (χ1) is 16.2. The van der Waals surface area contributed by atoms with E-state index in [0.29, 0.717) is 12.4 Å².